The number of anilines is 2. The molecule has 0 saturated carbocycles. The van der Waals surface area contributed by atoms with Crippen molar-refractivity contribution in [1.29, 1.82) is 0 Å². The third-order valence-electron chi connectivity index (χ3n) is 3.91. The molecule has 2 heterocycles. The lowest BCUT2D eigenvalue weighted by atomic mass is 9.96. The molecule has 6 heteroatoms. The molecule has 0 saturated heterocycles. The van der Waals surface area contributed by atoms with Gasteiger partial charge < -0.3 is 14.7 Å². The van der Waals surface area contributed by atoms with E-state index in [1.54, 1.807) is 0 Å². The van der Waals surface area contributed by atoms with Crippen LogP contribution >= 0.6 is 0 Å². The van der Waals surface area contributed by atoms with Crippen LogP contribution in [0.15, 0.2) is 28.8 Å². The van der Waals surface area contributed by atoms with Crippen LogP contribution in [0.25, 0.3) is 0 Å². The van der Waals surface area contributed by atoms with Crippen molar-refractivity contribution in [2.45, 2.75) is 39.7 Å². The Balaban J connectivity index is 1.89. The van der Waals surface area contributed by atoms with Gasteiger partial charge in [0.25, 0.3) is 0 Å². The van der Waals surface area contributed by atoms with E-state index in [1.165, 1.54) is 0 Å². The van der Waals surface area contributed by atoms with E-state index in [9.17, 15) is 4.79 Å². The lowest BCUT2D eigenvalue weighted by Gasteiger charge is -2.23. The summed E-state index contributed by atoms with van der Waals surface area (Å²) in [6, 6.07) is 7.78. The van der Waals surface area contributed by atoms with Crippen molar-refractivity contribution in [2.24, 2.45) is 5.92 Å². The molecule has 0 aliphatic carbocycles. The summed E-state index contributed by atoms with van der Waals surface area (Å²) in [6.07, 6.45) is 0. The fourth-order valence-electron chi connectivity index (χ4n) is 2.56. The third kappa shape index (κ3) is 3.21. The minimum Gasteiger partial charge on any atom is -0.360 e. The molecule has 23 heavy (non-hydrogen) atoms. The molecular weight excluding hydrogens is 292 g/mol. The molecular formula is C17H22N4O2. The summed E-state index contributed by atoms with van der Waals surface area (Å²) in [5, 5.41) is 7.04. The summed E-state index contributed by atoms with van der Waals surface area (Å²) in [7, 11) is 0. The quantitative estimate of drug-likeness (QED) is 0.922. The predicted octanol–water partition coefficient (Wildman–Crippen LogP) is 2.96. The number of amides is 1. The lowest BCUT2D eigenvalue weighted by Crippen LogP contribution is -2.30. The maximum Gasteiger partial charge on any atom is 0.246 e. The highest BCUT2D eigenvalue weighted by molar-refractivity contribution is 5.97. The topological polar surface area (TPSA) is 71.3 Å². The first-order valence-corrected chi connectivity index (χ1v) is 7.82. The monoisotopic (exact) mass is 314 g/mol. The van der Waals surface area contributed by atoms with Gasteiger partial charge in [-0.05, 0) is 12.1 Å². The van der Waals surface area contributed by atoms with E-state index < -0.39 is 0 Å². The highest BCUT2D eigenvalue weighted by atomic mass is 16.5. The van der Waals surface area contributed by atoms with Gasteiger partial charge in [0.05, 0.1) is 23.8 Å². The normalized spacial score (nSPS) is 18.3. The molecule has 1 aromatic carbocycles. The van der Waals surface area contributed by atoms with Gasteiger partial charge >= 0.3 is 0 Å². The molecule has 0 bridgehead atoms. The number of rotatable bonds is 2. The van der Waals surface area contributed by atoms with E-state index in [-0.39, 0.29) is 17.2 Å². The molecule has 1 amide bonds. The highest BCUT2D eigenvalue weighted by Gasteiger charge is 2.27. The zero-order valence-electron chi connectivity index (χ0n) is 14.0. The molecule has 0 fully saturated rings. The molecule has 1 N–H and O–H groups in total. The first-order chi connectivity index (χ1) is 10.8. The van der Waals surface area contributed by atoms with Crippen LogP contribution in [0.1, 0.15) is 39.4 Å². The number of carbonyl (C=O) groups is 1. The number of aromatic nitrogens is 2. The number of hydrogen-bond acceptors (Lipinski definition) is 5. The van der Waals surface area contributed by atoms with Crippen LogP contribution in [0.2, 0.25) is 0 Å². The van der Waals surface area contributed by atoms with Gasteiger partial charge in [0.2, 0.25) is 11.8 Å². The molecule has 6 nitrogen and oxygen atoms in total. The number of hydrogen-bond donors (Lipinski definition) is 1. The SMILES string of the molecule is CC1CN(Cc2nc(C(C)(C)C)no2)c2ccccc2NC1=O. The van der Waals surface area contributed by atoms with Gasteiger partial charge in [-0.1, -0.05) is 45.0 Å². The Hall–Kier alpha value is -2.37. The second-order valence-corrected chi connectivity index (χ2v) is 7.05. The summed E-state index contributed by atoms with van der Waals surface area (Å²) < 4.78 is 5.40. The molecule has 1 aliphatic heterocycles. The standard InChI is InChI=1S/C17H22N4O2/c1-11-9-21(10-14-19-16(20-23-14)17(2,3)4)13-8-6-5-7-12(13)18-15(11)22/h5-8,11H,9-10H2,1-4H3,(H,18,22). The minimum absolute atomic E-state index is 0.0286. The lowest BCUT2D eigenvalue weighted by molar-refractivity contribution is -0.119. The van der Waals surface area contributed by atoms with Gasteiger partial charge in [0, 0.05) is 12.0 Å². The zero-order chi connectivity index (χ0) is 16.6. The molecule has 2 aromatic rings. The zero-order valence-corrected chi connectivity index (χ0v) is 14.0. The smallest absolute Gasteiger partial charge is 0.246 e. The third-order valence-corrected chi connectivity index (χ3v) is 3.91. The number of para-hydroxylation sites is 2. The van der Waals surface area contributed by atoms with Crippen molar-refractivity contribution >= 4 is 17.3 Å². The fraction of sp³-hybridized carbons (Fsp3) is 0.471. The van der Waals surface area contributed by atoms with E-state index >= 15 is 0 Å². The van der Waals surface area contributed by atoms with Gasteiger partial charge in [0.15, 0.2) is 5.82 Å². The van der Waals surface area contributed by atoms with Crippen LogP contribution in [0.5, 0.6) is 0 Å². The molecule has 1 aromatic heterocycles. The first kappa shape index (κ1) is 15.5. The van der Waals surface area contributed by atoms with E-state index in [1.807, 2.05) is 52.0 Å². The van der Waals surface area contributed by atoms with Crippen molar-refractivity contribution in [3.05, 3.63) is 36.0 Å². The number of carbonyl (C=O) groups excluding carboxylic acids is 1. The Morgan fingerprint density at radius 3 is 2.78 bits per heavy atom. The van der Waals surface area contributed by atoms with Crippen LogP contribution in [-0.4, -0.2) is 22.6 Å². The fourth-order valence-corrected chi connectivity index (χ4v) is 2.56. The van der Waals surface area contributed by atoms with E-state index in [4.69, 9.17) is 4.52 Å². The summed E-state index contributed by atoms with van der Waals surface area (Å²) in [6.45, 7) is 9.16. The molecule has 122 valence electrons. The van der Waals surface area contributed by atoms with Crippen molar-refractivity contribution in [3.8, 4) is 0 Å². The Labute approximate surface area is 135 Å². The van der Waals surface area contributed by atoms with E-state index in [0.717, 1.165) is 11.4 Å². The van der Waals surface area contributed by atoms with Crippen molar-refractivity contribution in [1.82, 2.24) is 10.1 Å². The molecule has 1 aliphatic rings. The van der Waals surface area contributed by atoms with Gasteiger partial charge in [-0.25, -0.2) is 0 Å². The van der Waals surface area contributed by atoms with Crippen molar-refractivity contribution in [3.63, 3.8) is 0 Å². The summed E-state index contributed by atoms with van der Waals surface area (Å²) in [4.78, 5) is 18.7. The first-order valence-electron chi connectivity index (χ1n) is 7.82. The number of nitrogens with zero attached hydrogens (tertiary/aromatic N) is 3. The number of benzene rings is 1. The Bertz CT molecular complexity index is 717. The average Bonchev–Trinajstić information content (AvgIpc) is 2.91. The van der Waals surface area contributed by atoms with Crippen LogP contribution in [-0.2, 0) is 16.8 Å². The second-order valence-electron chi connectivity index (χ2n) is 7.05. The molecule has 1 unspecified atom stereocenters. The average molecular weight is 314 g/mol. The van der Waals surface area contributed by atoms with Gasteiger partial charge in [0.1, 0.15) is 0 Å². The van der Waals surface area contributed by atoms with Gasteiger partial charge in [-0.3, -0.25) is 4.79 Å². The van der Waals surface area contributed by atoms with Crippen molar-refractivity contribution in [2.75, 3.05) is 16.8 Å². The maximum absolute atomic E-state index is 12.1. The molecule has 0 radical (unpaired) electrons. The summed E-state index contributed by atoms with van der Waals surface area (Å²) >= 11 is 0. The van der Waals surface area contributed by atoms with Crippen LogP contribution < -0.4 is 10.2 Å². The maximum atomic E-state index is 12.1. The number of nitrogens with one attached hydrogen (secondary N) is 1. The highest BCUT2D eigenvalue weighted by Crippen LogP contribution is 2.31. The molecule has 3 rings (SSSR count). The van der Waals surface area contributed by atoms with Crippen LogP contribution in [0, 0.1) is 5.92 Å². The van der Waals surface area contributed by atoms with E-state index in [0.29, 0.717) is 24.8 Å². The Morgan fingerprint density at radius 2 is 2.09 bits per heavy atom. The summed E-state index contributed by atoms with van der Waals surface area (Å²) in [5.74, 6) is 1.16. The van der Waals surface area contributed by atoms with E-state index in [2.05, 4.69) is 20.4 Å². The van der Waals surface area contributed by atoms with Crippen molar-refractivity contribution < 1.29 is 9.32 Å². The number of fused-ring (bicyclic) bond motifs is 1. The van der Waals surface area contributed by atoms with Crippen LogP contribution in [0.4, 0.5) is 11.4 Å². The second kappa shape index (κ2) is 5.68. The minimum atomic E-state index is -0.150. The van der Waals surface area contributed by atoms with Gasteiger partial charge in [-0.15, -0.1) is 0 Å². The van der Waals surface area contributed by atoms with Crippen LogP contribution in [0.3, 0.4) is 0 Å². The Kier molecular flexibility index (Phi) is 3.83. The largest absolute Gasteiger partial charge is 0.360 e. The molecule has 0 spiro atoms. The molecule has 1 atom stereocenters. The predicted molar refractivity (Wildman–Crippen MR) is 88.3 cm³/mol. The Morgan fingerprint density at radius 1 is 1.35 bits per heavy atom. The van der Waals surface area contributed by atoms with Gasteiger partial charge in [-0.2, -0.15) is 4.98 Å². The summed E-state index contributed by atoms with van der Waals surface area (Å²) in [5.41, 5.74) is 1.64.